The fourth-order valence-corrected chi connectivity index (χ4v) is 3.83. The molecule has 1 saturated heterocycles. The van der Waals surface area contributed by atoms with E-state index in [2.05, 4.69) is 10.6 Å². The van der Waals surface area contributed by atoms with Crippen LogP contribution in [0.4, 0.5) is 11.4 Å². The first-order valence-corrected chi connectivity index (χ1v) is 11.4. The highest BCUT2D eigenvalue weighted by Crippen LogP contribution is 2.25. The standard InChI is InChI=1S/C25H17Cl2N3O4S/c26-20-10-9-16(13-21(20)27)28-22(31)14-34-18-8-4-5-15(11-18)12-19-23(32)29-25(35)30(24(19)33)17-6-2-1-3-7-17/h1-13H,14H2,(H,28,31)(H,29,32,35)/b19-12-. The summed E-state index contributed by atoms with van der Waals surface area (Å²) >= 11 is 17.0. The van der Waals surface area contributed by atoms with E-state index in [-0.39, 0.29) is 17.3 Å². The summed E-state index contributed by atoms with van der Waals surface area (Å²) < 4.78 is 5.57. The first-order valence-electron chi connectivity index (χ1n) is 10.3. The zero-order valence-electron chi connectivity index (χ0n) is 18.0. The molecular weight excluding hydrogens is 509 g/mol. The van der Waals surface area contributed by atoms with Gasteiger partial charge in [-0.3, -0.25) is 24.6 Å². The van der Waals surface area contributed by atoms with Gasteiger partial charge in [-0.1, -0.05) is 53.5 Å². The Morgan fingerprint density at radius 2 is 1.77 bits per heavy atom. The summed E-state index contributed by atoms with van der Waals surface area (Å²) in [6.45, 7) is -0.268. The molecule has 1 fully saturated rings. The third kappa shape index (κ3) is 5.86. The van der Waals surface area contributed by atoms with E-state index in [1.807, 2.05) is 6.07 Å². The van der Waals surface area contributed by atoms with Crippen molar-refractivity contribution in [3.63, 3.8) is 0 Å². The molecule has 35 heavy (non-hydrogen) atoms. The average Bonchev–Trinajstić information content (AvgIpc) is 2.84. The van der Waals surface area contributed by atoms with Crippen molar-refractivity contribution in [3.05, 3.63) is 94.0 Å². The smallest absolute Gasteiger partial charge is 0.270 e. The molecule has 2 N–H and O–H groups in total. The van der Waals surface area contributed by atoms with Crippen LogP contribution in [0.25, 0.3) is 6.08 Å². The molecule has 1 aliphatic heterocycles. The van der Waals surface area contributed by atoms with Crippen LogP contribution < -0.4 is 20.3 Å². The molecule has 0 aromatic heterocycles. The van der Waals surface area contributed by atoms with E-state index in [9.17, 15) is 14.4 Å². The number of thiocarbonyl (C=S) groups is 1. The second-order valence-electron chi connectivity index (χ2n) is 7.33. The monoisotopic (exact) mass is 525 g/mol. The predicted molar refractivity (Wildman–Crippen MR) is 140 cm³/mol. The Kier molecular flexibility index (Phi) is 7.45. The number of amides is 3. The molecule has 176 valence electrons. The van der Waals surface area contributed by atoms with Gasteiger partial charge in [0.1, 0.15) is 11.3 Å². The number of hydrogen-bond acceptors (Lipinski definition) is 5. The molecule has 0 saturated carbocycles. The van der Waals surface area contributed by atoms with E-state index in [1.54, 1.807) is 60.7 Å². The van der Waals surface area contributed by atoms with Gasteiger partial charge in [-0.15, -0.1) is 0 Å². The molecule has 3 amide bonds. The van der Waals surface area contributed by atoms with Crippen LogP contribution in [0, 0.1) is 0 Å². The van der Waals surface area contributed by atoms with Gasteiger partial charge in [-0.25, -0.2) is 0 Å². The minimum absolute atomic E-state index is 0.00780. The number of carbonyl (C=O) groups is 3. The molecule has 10 heteroatoms. The number of anilines is 2. The summed E-state index contributed by atoms with van der Waals surface area (Å²) in [6.07, 6.45) is 1.44. The van der Waals surface area contributed by atoms with Gasteiger partial charge in [-0.2, -0.15) is 0 Å². The van der Waals surface area contributed by atoms with Crippen LogP contribution in [0.3, 0.4) is 0 Å². The van der Waals surface area contributed by atoms with Crippen LogP contribution in [0.5, 0.6) is 5.75 Å². The normalized spacial score (nSPS) is 14.6. The van der Waals surface area contributed by atoms with Gasteiger partial charge in [0.05, 0.1) is 15.7 Å². The lowest BCUT2D eigenvalue weighted by Crippen LogP contribution is -2.54. The maximum atomic E-state index is 13.1. The van der Waals surface area contributed by atoms with E-state index < -0.39 is 17.7 Å². The molecule has 7 nitrogen and oxygen atoms in total. The minimum Gasteiger partial charge on any atom is -0.484 e. The quantitative estimate of drug-likeness (QED) is 0.273. The van der Waals surface area contributed by atoms with Crippen molar-refractivity contribution in [1.82, 2.24) is 5.32 Å². The van der Waals surface area contributed by atoms with Crippen molar-refractivity contribution in [2.45, 2.75) is 0 Å². The van der Waals surface area contributed by atoms with Gasteiger partial charge in [0, 0.05) is 5.69 Å². The molecule has 0 bridgehead atoms. The Balaban J connectivity index is 1.46. The highest BCUT2D eigenvalue weighted by Gasteiger charge is 2.34. The van der Waals surface area contributed by atoms with E-state index in [4.69, 9.17) is 40.2 Å². The van der Waals surface area contributed by atoms with Crippen molar-refractivity contribution in [3.8, 4) is 5.75 Å². The van der Waals surface area contributed by atoms with Gasteiger partial charge in [0.2, 0.25) is 0 Å². The highest BCUT2D eigenvalue weighted by atomic mass is 35.5. The number of benzene rings is 3. The van der Waals surface area contributed by atoms with Crippen molar-refractivity contribution < 1.29 is 19.1 Å². The van der Waals surface area contributed by atoms with E-state index in [0.717, 1.165) is 0 Å². The van der Waals surface area contributed by atoms with Crippen LogP contribution in [-0.4, -0.2) is 29.4 Å². The van der Waals surface area contributed by atoms with Crippen LogP contribution in [-0.2, 0) is 14.4 Å². The third-order valence-electron chi connectivity index (χ3n) is 4.86. The molecule has 0 aliphatic carbocycles. The first kappa shape index (κ1) is 24.4. The molecule has 0 radical (unpaired) electrons. The number of carbonyl (C=O) groups excluding carboxylic acids is 3. The van der Waals surface area contributed by atoms with Crippen LogP contribution in [0.1, 0.15) is 5.56 Å². The lowest BCUT2D eigenvalue weighted by atomic mass is 10.1. The van der Waals surface area contributed by atoms with Gasteiger partial charge in [-0.05, 0) is 66.3 Å². The highest BCUT2D eigenvalue weighted by molar-refractivity contribution is 7.80. The van der Waals surface area contributed by atoms with Crippen LogP contribution >= 0.6 is 35.4 Å². The maximum Gasteiger partial charge on any atom is 0.270 e. The van der Waals surface area contributed by atoms with E-state index in [1.165, 1.54) is 17.0 Å². The summed E-state index contributed by atoms with van der Waals surface area (Å²) in [5.41, 5.74) is 1.47. The van der Waals surface area contributed by atoms with E-state index in [0.29, 0.717) is 32.7 Å². The topological polar surface area (TPSA) is 87.7 Å². The number of para-hydroxylation sites is 1. The Bertz CT molecular complexity index is 1360. The number of ether oxygens (including phenoxy) is 1. The number of nitrogens with one attached hydrogen (secondary N) is 2. The molecule has 1 heterocycles. The predicted octanol–water partition coefficient (Wildman–Crippen LogP) is 4.84. The Hall–Kier alpha value is -3.72. The first-order chi connectivity index (χ1) is 16.8. The van der Waals surface area contributed by atoms with Crippen LogP contribution in [0.2, 0.25) is 10.0 Å². The molecular formula is C25H17Cl2N3O4S. The number of hydrogen-bond donors (Lipinski definition) is 2. The van der Waals surface area contributed by atoms with Crippen molar-refractivity contribution in [2.24, 2.45) is 0 Å². The summed E-state index contributed by atoms with van der Waals surface area (Å²) in [6, 6.07) is 20.2. The lowest BCUT2D eigenvalue weighted by Gasteiger charge is -2.28. The van der Waals surface area contributed by atoms with E-state index >= 15 is 0 Å². The second kappa shape index (κ2) is 10.7. The largest absolute Gasteiger partial charge is 0.484 e. The molecule has 0 unspecified atom stereocenters. The SMILES string of the molecule is O=C(COc1cccc(/C=C2/C(=O)NC(=S)N(c3ccccc3)C2=O)c1)Nc1ccc(Cl)c(Cl)c1. The molecule has 0 spiro atoms. The van der Waals surface area contributed by atoms with Crippen molar-refractivity contribution in [2.75, 3.05) is 16.8 Å². The zero-order valence-corrected chi connectivity index (χ0v) is 20.3. The van der Waals surface area contributed by atoms with Crippen molar-refractivity contribution in [1.29, 1.82) is 0 Å². The molecule has 4 rings (SSSR count). The second-order valence-corrected chi connectivity index (χ2v) is 8.53. The Morgan fingerprint density at radius 1 is 1.00 bits per heavy atom. The fraction of sp³-hybridized carbons (Fsp3) is 0.0400. The lowest BCUT2D eigenvalue weighted by molar-refractivity contribution is -0.122. The molecule has 1 aliphatic rings. The third-order valence-corrected chi connectivity index (χ3v) is 5.88. The average molecular weight is 526 g/mol. The fourth-order valence-electron chi connectivity index (χ4n) is 3.25. The Labute approximate surface area is 216 Å². The van der Waals surface area contributed by atoms with Crippen LogP contribution in [0.15, 0.2) is 78.4 Å². The number of halogens is 2. The molecule has 3 aromatic rings. The van der Waals surface area contributed by atoms with Crippen molar-refractivity contribution >= 4 is 75.7 Å². The van der Waals surface area contributed by atoms with Gasteiger partial charge in [0.25, 0.3) is 17.7 Å². The maximum absolute atomic E-state index is 13.1. The summed E-state index contributed by atoms with van der Waals surface area (Å²) in [5, 5.41) is 5.91. The van der Waals surface area contributed by atoms with Gasteiger partial charge in [0.15, 0.2) is 11.7 Å². The number of nitrogens with zero attached hydrogens (tertiary/aromatic N) is 1. The molecule has 3 aromatic carbocycles. The Morgan fingerprint density at radius 3 is 2.51 bits per heavy atom. The minimum atomic E-state index is -0.598. The summed E-state index contributed by atoms with van der Waals surface area (Å²) in [7, 11) is 0. The van der Waals surface area contributed by atoms with Gasteiger partial charge >= 0.3 is 0 Å². The van der Waals surface area contributed by atoms with Gasteiger partial charge < -0.3 is 10.1 Å². The zero-order chi connectivity index (χ0) is 24.9. The summed E-state index contributed by atoms with van der Waals surface area (Å²) in [4.78, 5) is 39.1. The molecule has 0 atom stereocenters. The number of rotatable bonds is 6. The summed E-state index contributed by atoms with van der Waals surface area (Å²) in [5.74, 6) is -1.17.